The Morgan fingerprint density at radius 3 is 2.68 bits per heavy atom. The number of anilines is 1. The van der Waals surface area contributed by atoms with Crippen LogP contribution in [0.3, 0.4) is 0 Å². The molecule has 1 aromatic heterocycles. The zero-order chi connectivity index (χ0) is 24.2. The number of hydrogen-bond donors (Lipinski definition) is 2. The van der Waals surface area contributed by atoms with Gasteiger partial charge in [-0.3, -0.25) is 19.3 Å². The highest BCUT2D eigenvalue weighted by Crippen LogP contribution is 2.28. The number of amides is 3. The number of aryl methyl sites for hydroxylation is 1. The fourth-order valence-electron chi connectivity index (χ4n) is 3.91. The lowest BCUT2D eigenvalue weighted by Crippen LogP contribution is -2.45. The average molecular weight is 482 g/mol. The van der Waals surface area contributed by atoms with Crippen molar-refractivity contribution < 1.29 is 18.9 Å². The van der Waals surface area contributed by atoms with Crippen molar-refractivity contribution in [2.24, 2.45) is 0 Å². The summed E-state index contributed by atoms with van der Waals surface area (Å²) in [5, 5.41) is 10.2. The number of benzene rings is 2. The summed E-state index contributed by atoms with van der Waals surface area (Å²) in [6, 6.07) is 10.5. The number of halogens is 1. The summed E-state index contributed by atoms with van der Waals surface area (Å²) in [6.07, 6.45) is 1.95. The van der Waals surface area contributed by atoms with Gasteiger partial charge in [-0.05, 0) is 42.7 Å². The minimum absolute atomic E-state index is 0.221. The van der Waals surface area contributed by atoms with Crippen molar-refractivity contribution in [3.05, 3.63) is 63.7 Å². The second-order valence-electron chi connectivity index (χ2n) is 8.07. The van der Waals surface area contributed by atoms with Crippen molar-refractivity contribution in [1.82, 2.24) is 20.4 Å². The zero-order valence-corrected chi connectivity index (χ0v) is 19.6. The molecule has 0 bridgehead atoms. The number of rotatable bonds is 10. The third-order valence-corrected chi connectivity index (χ3v) is 6.11. The number of hydrogen-bond acceptors (Lipinski definition) is 7. The molecule has 0 spiro atoms. The molecule has 176 valence electrons. The first-order valence-corrected chi connectivity index (χ1v) is 11.3. The molecule has 9 nitrogen and oxygen atoms in total. The van der Waals surface area contributed by atoms with Gasteiger partial charge in [0.15, 0.2) is 0 Å². The van der Waals surface area contributed by atoms with E-state index in [9.17, 15) is 14.4 Å². The van der Waals surface area contributed by atoms with Gasteiger partial charge in [0.25, 0.3) is 11.8 Å². The van der Waals surface area contributed by atoms with Gasteiger partial charge in [-0.2, -0.15) is 4.98 Å². The van der Waals surface area contributed by atoms with Crippen LogP contribution in [0.15, 0.2) is 40.9 Å². The number of imide groups is 1. The minimum Gasteiger partial charge on any atom is -0.357 e. The summed E-state index contributed by atoms with van der Waals surface area (Å²) in [6.45, 7) is 4.42. The van der Waals surface area contributed by atoms with E-state index in [0.29, 0.717) is 41.3 Å². The highest BCUT2D eigenvalue weighted by Gasteiger charge is 2.39. The van der Waals surface area contributed by atoms with Crippen molar-refractivity contribution in [2.75, 3.05) is 11.9 Å². The second kappa shape index (κ2) is 10.0. The Morgan fingerprint density at radius 1 is 1.15 bits per heavy atom. The molecule has 1 aliphatic heterocycles. The third kappa shape index (κ3) is 4.65. The molecular weight excluding hydrogens is 458 g/mol. The van der Waals surface area contributed by atoms with Crippen LogP contribution in [0.4, 0.5) is 6.01 Å². The van der Waals surface area contributed by atoms with Crippen LogP contribution in [0.2, 0.25) is 5.02 Å². The monoisotopic (exact) mass is 481 g/mol. The normalized spacial score (nSPS) is 13.7. The third-order valence-electron chi connectivity index (χ3n) is 5.71. The summed E-state index contributed by atoms with van der Waals surface area (Å²) in [5.41, 5.74) is 3.17. The predicted octanol–water partition coefficient (Wildman–Crippen LogP) is 3.82. The standard InChI is InChI=1S/C24H24ClN5O4/c1-3-4-17(12-26-13-31)30-22(32)18-8-6-15(9-19(18)23(30)33)11-27-24-28-21(29-34-24)16-7-5-14(2)20(25)10-16/h5-10,13,17H,3-4,11-12H2,1-2H3,(H,26,31)(H,27,28,29). The number of fused-ring (bicyclic) bond motifs is 1. The van der Waals surface area contributed by atoms with E-state index in [1.165, 1.54) is 4.90 Å². The van der Waals surface area contributed by atoms with Crippen LogP contribution in [0.1, 0.15) is 51.6 Å². The smallest absolute Gasteiger partial charge is 0.322 e. The van der Waals surface area contributed by atoms with Crippen molar-refractivity contribution in [3.63, 3.8) is 0 Å². The largest absolute Gasteiger partial charge is 0.357 e. The van der Waals surface area contributed by atoms with E-state index in [2.05, 4.69) is 20.8 Å². The maximum Gasteiger partial charge on any atom is 0.322 e. The van der Waals surface area contributed by atoms with Crippen LogP contribution in [0.5, 0.6) is 0 Å². The first-order chi connectivity index (χ1) is 16.4. The van der Waals surface area contributed by atoms with E-state index in [4.69, 9.17) is 16.1 Å². The number of nitrogens with zero attached hydrogens (tertiary/aromatic N) is 3. The Balaban J connectivity index is 1.46. The average Bonchev–Trinajstić information content (AvgIpc) is 3.40. The molecule has 0 saturated carbocycles. The molecule has 0 saturated heterocycles. The molecule has 4 rings (SSSR count). The zero-order valence-electron chi connectivity index (χ0n) is 18.8. The molecule has 2 N–H and O–H groups in total. The van der Waals surface area contributed by atoms with E-state index in [1.807, 2.05) is 26.0 Å². The lowest BCUT2D eigenvalue weighted by atomic mass is 10.1. The van der Waals surface area contributed by atoms with Gasteiger partial charge in [-0.25, -0.2) is 0 Å². The maximum absolute atomic E-state index is 13.0. The van der Waals surface area contributed by atoms with Gasteiger partial charge >= 0.3 is 6.01 Å². The molecule has 0 radical (unpaired) electrons. The Bertz CT molecular complexity index is 1240. The molecule has 2 heterocycles. The second-order valence-corrected chi connectivity index (χ2v) is 8.48. The van der Waals surface area contributed by atoms with Gasteiger partial charge in [-0.15, -0.1) is 0 Å². The number of nitrogens with one attached hydrogen (secondary N) is 2. The summed E-state index contributed by atoms with van der Waals surface area (Å²) in [7, 11) is 0. The van der Waals surface area contributed by atoms with Crippen LogP contribution < -0.4 is 10.6 Å². The summed E-state index contributed by atoms with van der Waals surface area (Å²) in [5.74, 6) is -0.297. The van der Waals surface area contributed by atoms with Crippen LogP contribution in [-0.4, -0.2) is 45.9 Å². The fourth-order valence-corrected chi connectivity index (χ4v) is 4.09. The van der Waals surface area contributed by atoms with E-state index >= 15 is 0 Å². The summed E-state index contributed by atoms with van der Waals surface area (Å²) in [4.78, 5) is 42.2. The predicted molar refractivity (Wildman–Crippen MR) is 127 cm³/mol. The van der Waals surface area contributed by atoms with Crippen molar-refractivity contribution in [1.29, 1.82) is 0 Å². The van der Waals surface area contributed by atoms with Crippen LogP contribution >= 0.6 is 11.6 Å². The Morgan fingerprint density at radius 2 is 1.94 bits per heavy atom. The van der Waals surface area contributed by atoms with Gasteiger partial charge in [-0.1, -0.05) is 48.3 Å². The SMILES string of the molecule is CCCC(CNC=O)N1C(=O)c2ccc(CNc3nc(-c4ccc(C)c(Cl)c4)no3)cc2C1=O. The quantitative estimate of drug-likeness (QED) is 0.334. The van der Waals surface area contributed by atoms with Gasteiger partial charge in [0, 0.05) is 23.7 Å². The molecule has 3 amide bonds. The number of carbonyl (C=O) groups excluding carboxylic acids is 3. The number of carbonyl (C=O) groups is 3. The van der Waals surface area contributed by atoms with Gasteiger partial charge in [0.1, 0.15) is 0 Å². The molecule has 0 aliphatic carbocycles. The van der Waals surface area contributed by atoms with E-state index in [0.717, 1.165) is 23.1 Å². The lowest BCUT2D eigenvalue weighted by Gasteiger charge is -2.25. The van der Waals surface area contributed by atoms with E-state index < -0.39 is 6.04 Å². The van der Waals surface area contributed by atoms with Crippen molar-refractivity contribution in [3.8, 4) is 11.4 Å². The molecule has 2 aromatic carbocycles. The minimum atomic E-state index is -0.392. The summed E-state index contributed by atoms with van der Waals surface area (Å²) >= 11 is 6.18. The molecular formula is C24H24ClN5O4. The Kier molecular flexibility index (Phi) is 6.93. The highest BCUT2D eigenvalue weighted by atomic mass is 35.5. The highest BCUT2D eigenvalue weighted by molar-refractivity contribution is 6.31. The van der Waals surface area contributed by atoms with Crippen molar-refractivity contribution in [2.45, 2.75) is 39.3 Å². The van der Waals surface area contributed by atoms with Crippen LogP contribution in [-0.2, 0) is 11.3 Å². The van der Waals surface area contributed by atoms with Crippen molar-refractivity contribution >= 4 is 35.8 Å². The molecule has 1 unspecified atom stereocenters. The molecule has 1 atom stereocenters. The number of aromatic nitrogens is 2. The molecule has 10 heteroatoms. The Labute approximate surface area is 201 Å². The van der Waals surface area contributed by atoms with E-state index in [1.54, 1.807) is 24.3 Å². The van der Waals surface area contributed by atoms with Crippen LogP contribution in [0, 0.1) is 6.92 Å². The topological polar surface area (TPSA) is 117 Å². The first kappa shape index (κ1) is 23.4. The van der Waals surface area contributed by atoms with Gasteiger partial charge in [0.2, 0.25) is 12.2 Å². The molecule has 0 fully saturated rings. The van der Waals surface area contributed by atoms with E-state index in [-0.39, 0.29) is 24.4 Å². The van der Waals surface area contributed by atoms with Gasteiger partial charge in [0.05, 0.1) is 17.2 Å². The first-order valence-electron chi connectivity index (χ1n) is 10.9. The molecule has 3 aromatic rings. The van der Waals surface area contributed by atoms with Crippen LogP contribution in [0.25, 0.3) is 11.4 Å². The molecule has 1 aliphatic rings. The summed E-state index contributed by atoms with van der Waals surface area (Å²) < 4.78 is 5.27. The van der Waals surface area contributed by atoms with Gasteiger partial charge < -0.3 is 15.2 Å². The fraction of sp³-hybridized carbons (Fsp3) is 0.292. The maximum atomic E-state index is 13.0. The lowest BCUT2D eigenvalue weighted by molar-refractivity contribution is -0.109. The Hall–Kier alpha value is -3.72. The molecule has 34 heavy (non-hydrogen) atoms.